The van der Waals surface area contributed by atoms with Crippen LogP contribution < -0.4 is 0 Å². The SMILES string of the molecule is Cc1cc2c(cc1CO)C1(CC2)OCCO1. The highest BCUT2D eigenvalue weighted by Crippen LogP contribution is 2.44. The summed E-state index contributed by atoms with van der Waals surface area (Å²) in [5.41, 5.74) is 4.55. The van der Waals surface area contributed by atoms with Crippen molar-refractivity contribution in [2.45, 2.75) is 32.2 Å². The molecule has 2 aliphatic rings. The summed E-state index contributed by atoms with van der Waals surface area (Å²) in [6.45, 7) is 3.45. The number of benzene rings is 1. The third-order valence-corrected chi connectivity index (χ3v) is 3.62. The molecule has 1 aliphatic carbocycles. The second kappa shape index (κ2) is 3.55. The molecule has 1 saturated heterocycles. The molecule has 16 heavy (non-hydrogen) atoms. The van der Waals surface area contributed by atoms with Crippen LogP contribution in [0.4, 0.5) is 0 Å². The molecule has 1 N–H and O–H groups in total. The lowest BCUT2D eigenvalue weighted by molar-refractivity contribution is -0.163. The van der Waals surface area contributed by atoms with Crippen molar-refractivity contribution in [1.29, 1.82) is 0 Å². The summed E-state index contributed by atoms with van der Waals surface area (Å²) in [6.07, 6.45) is 1.90. The summed E-state index contributed by atoms with van der Waals surface area (Å²) in [6, 6.07) is 4.20. The Morgan fingerprint density at radius 1 is 1.31 bits per heavy atom. The first-order valence-electron chi connectivity index (χ1n) is 5.77. The van der Waals surface area contributed by atoms with Crippen molar-refractivity contribution in [2.75, 3.05) is 13.2 Å². The van der Waals surface area contributed by atoms with Gasteiger partial charge in [0.25, 0.3) is 0 Å². The van der Waals surface area contributed by atoms with E-state index >= 15 is 0 Å². The number of fused-ring (bicyclic) bond motifs is 2. The maximum atomic E-state index is 9.30. The minimum atomic E-state index is -0.507. The van der Waals surface area contributed by atoms with Gasteiger partial charge in [0.1, 0.15) is 0 Å². The van der Waals surface area contributed by atoms with E-state index in [1.807, 2.05) is 13.0 Å². The molecule has 0 aromatic heterocycles. The van der Waals surface area contributed by atoms with E-state index in [0.29, 0.717) is 13.2 Å². The zero-order valence-electron chi connectivity index (χ0n) is 9.45. The Bertz CT molecular complexity index is 419. The number of rotatable bonds is 1. The van der Waals surface area contributed by atoms with E-state index in [9.17, 15) is 5.11 Å². The highest BCUT2D eigenvalue weighted by molar-refractivity contribution is 5.43. The van der Waals surface area contributed by atoms with Gasteiger partial charge >= 0.3 is 0 Å². The van der Waals surface area contributed by atoms with Crippen LogP contribution in [0.2, 0.25) is 0 Å². The van der Waals surface area contributed by atoms with Crippen molar-refractivity contribution in [1.82, 2.24) is 0 Å². The van der Waals surface area contributed by atoms with Crippen molar-refractivity contribution in [3.63, 3.8) is 0 Å². The molecule has 1 spiro atoms. The zero-order chi connectivity index (χ0) is 11.2. The van der Waals surface area contributed by atoms with Crippen LogP contribution in [0, 0.1) is 6.92 Å². The average molecular weight is 220 g/mol. The van der Waals surface area contributed by atoms with Crippen molar-refractivity contribution in [2.24, 2.45) is 0 Å². The molecular weight excluding hydrogens is 204 g/mol. The van der Waals surface area contributed by atoms with Gasteiger partial charge in [-0.2, -0.15) is 0 Å². The topological polar surface area (TPSA) is 38.7 Å². The molecule has 1 fully saturated rings. The first kappa shape index (κ1) is 10.3. The number of aliphatic hydroxyl groups excluding tert-OH is 1. The standard InChI is InChI=1S/C13H16O3/c1-9-6-10-2-3-13(15-4-5-16-13)12(10)7-11(9)8-14/h6-7,14H,2-5,8H2,1H3. The first-order chi connectivity index (χ1) is 7.75. The largest absolute Gasteiger partial charge is 0.392 e. The van der Waals surface area contributed by atoms with E-state index in [0.717, 1.165) is 29.5 Å². The van der Waals surface area contributed by atoms with Crippen LogP contribution in [-0.4, -0.2) is 18.3 Å². The van der Waals surface area contributed by atoms with Gasteiger partial charge in [-0.3, -0.25) is 0 Å². The highest BCUT2D eigenvalue weighted by atomic mass is 16.7. The van der Waals surface area contributed by atoms with Gasteiger partial charge < -0.3 is 14.6 Å². The normalized spacial score (nSPS) is 21.6. The Morgan fingerprint density at radius 3 is 2.75 bits per heavy atom. The number of hydrogen-bond acceptors (Lipinski definition) is 3. The minimum absolute atomic E-state index is 0.0786. The zero-order valence-corrected chi connectivity index (χ0v) is 9.45. The monoisotopic (exact) mass is 220 g/mol. The lowest BCUT2D eigenvalue weighted by Gasteiger charge is -2.23. The average Bonchev–Trinajstić information content (AvgIpc) is 2.88. The lowest BCUT2D eigenvalue weighted by Crippen LogP contribution is -2.23. The molecule has 0 bridgehead atoms. The molecular formula is C13H16O3. The molecule has 1 aromatic rings. The molecule has 0 radical (unpaired) electrons. The molecule has 1 aromatic carbocycles. The predicted molar refractivity (Wildman–Crippen MR) is 59.0 cm³/mol. The number of ether oxygens (including phenoxy) is 2. The Morgan fingerprint density at radius 2 is 2.06 bits per heavy atom. The Hall–Kier alpha value is -0.900. The Labute approximate surface area is 95.0 Å². The number of aliphatic hydroxyl groups is 1. The van der Waals surface area contributed by atoms with Crippen molar-refractivity contribution in [3.8, 4) is 0 Å². The van der Waals surface area contributed by atoms with Gasteiger partial charge in [0.15, 0.2) is 5.79 Å². The van der Waals surface area contributed by atoms with E-state index in [-0.39, 0.29) is 6.61 Å². The van der Waals surface area contributed by atoms with Gasteiger partial charge in [-0.15, -0.1) is 0 Å². The van der Waals surface area contributed by atoms with E-state index in [2.05, 4.69) is 6.07 Å². The number of hydrogen-bond donors (Lipinski definition) is 1. The van der Waals surface area contributed by atoms with E-state index in [1.54, 1.807) is 0 Å². The quantitative estimate of drug-likeness (QED) is 0.781. The molecule has 0 amide bonds. The third kappa shape index (κ3) is 1.32. The maximum absolute atomic E-state index is 9.30. The summed E-state index contributed by atoms with van der Waals surface area (Å²) in [5.74, 6) is -0.507. The van der Waals surface area contributed by atoms with Crippen LogP contribution in [0.25, 0.3) is 0 Å². The van der Waals surface area contributed by atoms with Gasteiger partial charge in [-0.1, -0.05) is 6.07 Å². The van der Waals surface area contributed by atoms with Gasteiger partial charge in [0.2, 0.25) is 0 Å². The van der Waals surface area contributed by atoms with Gasteiger partial charge in [0.05, 0.1) is 19.8 Å². The van der Waals surface area contributed by atoms with Crippen LogP contribution >= 0.6 is 0 Å². The summed E-state index contributed by atoms with van der Waals surface area (Å²) < 4.78 is 11.5. The smallest absolute Gasteiger partial charge is 0.195 e. The molecule has 3 nitrogen and oxygen atoms in total. The molecule has 0 unspecified atom stereocenters. The van der Waals surface area contributed by atoms with Crippen molar-refractivity contribution >= 4 is 0 Å². The fourth-order valence-corrected chi connectivity index (χ4v) is 2.73. The number of aryl methyl sites for hydroxylation is 2. The first-order valence-corrected chi connectivity index (χ1v) is 5.77. The Kier molecular flexibility index (Phi) is 2.28. The third-order valence-electron chi connectivity index (χ3n) is 3.62. The highest BCUT2D eigenvalue weighted by Gasteiger charge is 2.44. The molecule has 1 aliphatic heterocycles. The van der Waals surface area contributed by atoms with Gasteiger partial charge in [-0.05, 0) is 36.1 Å². The molecule has 86 valence electrons. The summed E-state index contributed by atoms with van der Waals surface area (Å²) in [7, 11) is 0. The van der Waals surface area contributed by atoms with E-state index < -0.39 is 5.79 Å². The van der Waals surface area contributed by atoms with Gasteiger partial charge in [0, 0.05) is 12.0 Å². The van der Waals surface area contributed by atoms with Crippen molar-refractivity contribution < 1.29 is 14.6 Å². The van der Waals surface area contributed by atoms with E-state index in [4.69, 9.17) is 9.47 Å². The van der Waals surface area contributed by atoms with Crippen LogP contribution in [0.3, 0.4) is 0 Å². The molecule has 1 heterocycles. The predicted octanol–water partition coefficient (Wildman–Crippen LogP) is 1.63. The summed E-state index contributed by atoms with van der Waals surface area (Å²) in [4.78, 5) is 0. The van der Waals surface area contributed by atoms with Crippen LogP contribution in [0.5, 0.6) is 0 Å². The van der Waals surface area contributed by atoms with Crippen LogP contribution in [0.1, 0.15) is 28.7 Å². The fourth-order valence-electron chi connectivity index (χ4n) is 2.73. The maximum Gasteiger partial charge on any atom is 0.195 e. The second-order valence-electron chi connectivity index (χ2n) is 4.54. The fraction of sp³-hybridized carbons (Fsp3) is 0.538. The molecule has 0 saturated carbocycles. The van der Waals surface area contributed by atoms with Gasteiger partial charge in [-0.25, -0.2) is 0 Å². The molecule has 3 heteroatoms. The molecule has 0 atom stereocenters. The van der Waals surface area contributed by atoms with E-state index in [1.165, 1.54) is 5.56 Å². The van der Waals surface area contributed by atoms with Crippen LogP contribution in [0.15, 0.2) is 12.1 Å². The molecule has 3 rings (SSSR count). The minimum Gasteiger partial charge on any atom is -0.392 e. The van der Waals surface area contributed by atoms with Crippen LogP contribution in [-0.2, 0) is 28.3 Å². The van der Waals surface area contributed by atoms with Crippen molar-refractivity contribution in [3.05, 3.63) is 34.4 Å². The summed E-state index contributed by atoms with van der Waals surface area (Å²) >= 11 is 0. The summed E-state index contributed by atoms with van der Waals surface area (Å²) in [5, 5.41) is 9.30. The second-order valence-corrected chi connectivity index (χ2v) is 4.54. The lowest BCUT2D eigenvalue weighted by atomic mass is 9.99. The Balaban J connectivity index is 2.11.